The molecule has 0 saturated carbocycles. The first kappa shape index (κ1) is 23.7. The van der Waals surface area contributed by atoms with Crippen LogP contribution in [-0.4, -0.2) is 24.7 Å². The molecule has 0 unspecified atom stereocenters. The van der Waals surface area contributed by atoms with Crippen molar-refractivity contribution in [2.45, 2.75) is 13.8 Å². The zero-order valence-corrected chi connectivity index (χ0v) is 20.6. The highest BCUT2D eigenvalue weighted by Crippen LogP contribution is 2.32. The van der Waals surface area contributed by atoms with Gasteiger partial charge in [0.1, 0.15) is 5.75 Å². The fourth-order valence-electron chi connectivity index (χ4n) is 2.78. The van der Waals surface area contributed by atoms with E-state index in [-0.39, 0.29) is 12.4 Å². The summed E-state index contributed by atoms with van der Waals surface area (Å²) in [6.07, 6.45) is 1.40. The molecule has 0 radical (unpaired) electrons. The Bertz CT molecular complexity index is 1180. The van der Waals surface area contributed by atoms with Gasteiger partial charge in [-0.2, -0.15) is 5.10 Å². The number of hydrogen-bond donors (Lipinski definition) is 1. The van der Waals surface area contributed by atoms with Gasteiger partial charge in [-0.05, 0) is 65.7 Å². The van der Waals surface area contributed by atoms with Gasteiger partial charge in [-0.25, -0.2) is 10.2 Å². The predicted molar refractivity (Wildman–Crippen MR) is 130 cm³/mol. The number of ether oxygens (including phenoxy) is 2. The summed E-state index contributed by atoms with van der Waals surface area (Å²) in [6.45, 7) is 3.62. The molecule has 0 spiro atoms. The molecular formula is C24H20Br2N2O4. The van der Waals surface area contributed by atoms with Gasteiger partial charge in [0.05, 0.1) is 16.3 Å². The van der Waals surface area contributed by atoms with E-state index in [4.69, 9.17) is 9.47 Å². The highest BCUT2D eigenvalue weighted by molar-refractivity contribution is 9.11. The van der Waals surface area contributed by atoms with Gasteiger partial charge in [0, 0.05) is 10.0 Å². The Balaban J connectivity index is 1.69. The van der Waals surface area contributed by atoms with Crippen molar-refractivity contribution < 1.29 is 19.1 Å². The van der Waals surface area contributed by atoms with Crippen LogP contribution in [0.2, 0.25) is 0 Å². The van der Waals surface area contributed by atoms with Crippen molar-refractivity contribution in [2.75, 3.05) is 6.61 Å². The highest BCUT2D eigenvalue weighted by Gasteiger charge is 2.15. The third-order valence-electron chi connectivity index (χ3n) is 4.33. The molecule has 8 heteroatoms. The molecule has 0 bridgehead atoms. The Morgan fingerprint density at radius 2 is 1.81 bits per heavy atom. The number of aryl methyl sites for hydroxylation is 2. The minimum atomic E-state index is -0.498. The van der Waals surface area contributed by atoms with E-state index in [1.165, 1.54) is 6.21 Å². The minimum absolute atomic E-state index is 0.181. The monoisotopic (exact) mass is 558 g/mol. The summed E-state index contributed by atoms with van der Waals surface area (Å²) in [7, 11) is 0. The zero-order valence-electron chi connectivity index (χ0n) is 17.4. The molecule has 164 valence electrons. The molecule has 6 nitrogen and oxygen atoms in total. The number of carbonyl (C=O) groups excluding carboxylic acids is 2. The number of nitrogens with zero attached hydrogens (tertiary/aromatic N) is 1. The van der Waals surface area contributed by atoms with E-state index >= 15 is 0 Å². The number of rotatable bonds is 7. The number of hydrazone groups is 1. The highest BCUT2D eigenvalue weighted by atomic mass is 79.9. The number of para-hydroxylation sites is 1. The van der Waals surface area contributed by atoms with Gasteiger partial charge in [0.2, 0.25) is 0 Å². The maximum absolute atomic E-state index is 12.6. The molecule has 1 amide bonds. The first-order valence-corrected chi connectivity index (χ1v) is 11.2. The van der Waals surface area contributed by atoms with Crippen molar-refractivity contribution in [3.05, 3.63) is 91.9 Å². The van der Waals surface area contributed by atoms with E-state index in [0.29, 0.717) is 21.3 Å². The Morgan fingerprint density at radius 3 is 2.56 bits per heavy atom. The molecule has 0 fully saturated rings. The normalized spacial score (nSPS) is 10.8. The molecule has 3 aromatic carbocycles. The molecule has 0 aliphatic heterocycles. The third kappa shape index (κ3) is 6.51. The number of carbonyl (C=O) groups is 2. The largest absolute Gasteiger partial charge is 0.483 e. The molecular weight excluding hydrogens is 540 g/mol. The number of benzene rings is 3. The number of amides is 1. The molecule has 3 aromatic rings. The lowest BCUT2D eigenvalue weighted by molar-refractivity contribution is -0.123. The molecule has 0 aromatic heterocycles. The standard InChI is InChI=1S/C24H20Br2N2O4/c1-15-6-5-8-17(10-15)24(30)32-23-18(11-19(25)12-20(23)26)13-27-28-22(29)14-31-21-9-4-3-7-16(21)2/h3-13H,14H2,1-2H3,(H,28,29)/b27-13+. The van der Waals surface area contributed by atoms with Gasteiger partial charge in [0.15, 0.2) is 12.4 Å². The molecule has 0 heterocycles. The summed E-state index contributed by atoms with van der Waals surface area (Å²) in [5, 5.41) is 3.98. The van der Waals surface area contributed by atoms with E-state index in [1.807, 2.05) is 38.1 Å². The van der Waals surface area contributed by atoms with Crippen LogP contribution in [0, 0.1) is 13.8 Å². The van der Waals surface area contributed by atoms with Gasteiger partial charge in [-0.3, -0.25) is 4.79 Å². The van der Waals surface area contributed by atoms with E-state index < -0.39 is 11.9 Å². The van der Waals surface area contributed by atoms with E-state index in [9.17, 15) is 9.59 Å². The second-order valence-electron chi connectivity index (χ2n) is 6.91. The van der Waals surface area contributed by atoms with E-state index in [0.717, 1.165) is 15.6 Å². The average Bonchev–Trinajstić information content (AvgIpc) is 2.75. The van der Waals surface area contributed by atoms with E-state index in [1.54, 1.807) is 36.4 Å². The third-order valence-corrected chi connectivity index (χ3v) is 5.38. The summed E-state index contributed by atoms with van der Waals surface area (Å²) in [6, 6.07) is 18.0. The van der Waals surface area contributed by atoms with Crippen LogP contribution in [-0.2, 0) is 4.79 Å². The summed E-state index contributed by atoms with van der Waals surface area (Å²) in [5.74, 6) is 0.000623. The van der Waals surface area contributed by atoms with Crippen molar-refractivity contribution in [1.29, 1.82) is 0 Å². The molecule has 0 aliphatic carbocycles. The molecule has 3 rings (SSSR count). The van der Waals surface area contributed by atoms with Gasteiger partial charge < -0.3 is 9.47 Å². The minimum Gasteiger partial charge on any atom is -0.483 e. The number of hydrogen-bond acceptors (Lipinski definition) is 5. The van der Waals surface area contributed by atoms with Crippen LogP contribution >= 0.6 is 31.9 Å². The number of esters is 1. The molecule has 0 atom stereocenters. The lowest BCUT2D eigenvalue weighted by Gasteiger charge is -2.11. The van der Waals surface area contributed by atoms with Crippen molar-refractivity contribution in [1.82, 2.24) is 5.43 Å². The Labute approximate surface area is 202 Å². The Hall–Kier alpha value is -2.97. The summed E-state index contributed by atoms with van der Waals surface area (Å²) < 4.78 is 12.4. The average molecular weight is 560 g/mol. The lowest BCUT2D eigenvalue weighted by atomic mass is 10.1. The first-order valence-electron chi connectivity index (χ1n) is 9.61. The molecule has 1 N–H and O–H groups in total. The van der Waals surface area contributed by atoms with Gasteiger partial charge in [-0.15, -0.1) is 0 Å². The van der Waals surface area contributed by atoms with E-state index in [2.05, 4.69) is 42.4 Å². The van der Waals surface area contributed by atoms with Crippen LogP contribution < -0.4 is 14.9 Å². The van der Waals surface area contributed by atoms with Gasteiger partial charge in [-0.1, -0.05) is 51.8 Å². The quantitative estimate of drug-likeness (QED) is 0.177. The first-order chi connectivity index (χ1) is 15.3. The summed E-state index contributed by atoms with van der Waals surface area (Å²) in [5.41, 5.74) is 5.23. The van der Waals surface area contributed by atoms with Gasteiger partial charge in [0.25, 0.3) is 5.91 Å². The second kappa shape index (κ2) is 11.1. The fraction of sp³-hybridized carbons (Fsp3) is 0.125. The van der Waals surface area contributed by atoms with Crippen molar-refractivity contribution in [3.63, 3.8) is 0 Å². The second-order valence-corrected chi connectivity index (χ2v) is 8.68. The fourth-order valence-corrected chi connectivity index (χ4v) is 4.11. The Kier molecular flexibility index (Phi) is 8.19. The van der Waals surface area contributed by atoms with Crippen LogP contribution in [0.1, 0.15) is 27.0 Å². The zero-order chi connectivity index (χ0) is 23.1. The van der Waals surface area contributed by atoms with Crippen molar-refractivity contribution >= 4 is 50.0 Å². The van der Waals surface area contributed by atoms with Crippen LogP contribution in [0.3, 0.4) is 0 Å². The molecule has 0 saturated heterocycles. The SMILES string of the molecule is Cc1cccc(C(=O)Oc2c(Br)cc(Br)cc2/C=N/NC(=O)COc2ccccc2C)c1. The van der Waals surface area contributed by atoms with Crippen LogP contribution in [0.5, 0.6) is 11.5 Å². The predicted octanol–water partition coefficient (Wildman–Crippen LogP) is 5.58. The molecule has 0 aliphatic rings. The summed E-state index contributed by atoms with van der Waals surface area (Å²) >= 11 is 6.82. The maximum Gasteiger partial charge on any atom is 0.343 e. The summed E-state index contributed by atoms with van der Waals surface area (Å²) in [4.78, 5) is 24.7. The maximum atomic E-state index is 12.6. The van der Waals surface area contributed by atoms with Crippen LogP contribution in [0.4, 0.5) is 0 Å². The number of halogens is 2. The van der Waals surface area contributed by atoms with Crippen LogP contribution in [0.15, 0.2) is 74.7 Å². The van der Waals surface area contributed by atoms with Crippen LogP contribution in [0.25, 0.3) is 0 Å². The number of nitrogens with one attached hydrogen (secondary N) is 1. The Morgan fingerprint density at radius 1 is 1.03 bits per heavy atom. The lowest BCUT2D eigenvalue weighted by Crippen LogP contribution is -2.24. The van der Waals surface area contributed by atoms with Gasteiger partial charge >= 0.3 is 5.97 Å². The topological polar surface area (TPSA) is 77.0 Å². The van der Waals surface area contributed by atoms with Crippen molar-refractivity contribution in [3.8, 4) is 11.5 Å². The smallest absolute Gasteiger partial charge is 0.343 e. The van der Waals surface area contributed by atoms with Crippen molar-refractivity contribution in [2.24, 2.45) is 5.10 Å². The molecule has 32 heavy (non-hydrogen) atoms.